The summed E-state index contributed by atoms with van der Waals surface area (Å²) in [6.45, 7) is 0. The van der Waals surface area contributed by atoms with Gasteiger partial charge < -0.3 is 10.2 Å². The molecule has 0 aliphatic heterocycles. The molecule has 2 aromatic carbocycles. The Labute approximate surface area is 114 Å². The van der Waals surface area contributed by atoms with Crippen LogP contribution in [0.3, 0.4) is 0 Å². The van der Waals surface area contributed by atoms with Crippen molar-refractivity contribution < 1.29 is 20.1 Å². The van der Waals surface area contributed by atoms with Crippen LogP contribution in [0.5, 0.6) is 17.2 Å². The second-order valence-corrected chi connectivity index (χ2v) is 4.00. The van der Waals surface area contributed by atoms with Crippen molar-refractivity contribution in [1.82, 2.24) is 0 Å². The van der Waals surface area contributed by atoms with E-state index in [4.69, 9.17) is 5.11 Å². The van der Waals surface area contributed by atoms with Gasteiger partial charge in [-0.3, -0.25) is 4.84 Å². The maximum Gasteiger partial charge on any atom is 0.299 e. The molecule has 102 valence electrons. The maximum atomic E-state index is 10.3. The summed E-state index contributed by atoms with van der Waals surface area (Å²) >= 11 is 0. The summed E-state index contributed by atoms with van der Waals surface area (Å²) in [7, 11) is 0. The van der Waals surface area contributed by atoms with Crippen LogP contribution in [0, 0.1) is 10.1 Å². The molecular weight excluding hydrogens is 262 g/mol. The van der Waals surface area contributed by atoms with Gasteiger partial charge in [-0.1, -0.05) is 24.3 Å². The minimum Gasteiger partial charge on any atom is -0.508 e. The number of benzene rings is 2. The van der Waals surface area contributed by atoms with Gasteiger partial charge in [0, 0.05) is 6.07 Å². The highest BCUT2D eigenvalue weighted by atomic mass is 17.0. The van der Waals surface area contributed by atoms with Crippen LogP contribution in [0.2, 0.25) is 0 Å². The lowest BCUT2D eigenvalue weighted by molar-refractivity contribution is -0.711. The molecule has 0 atom stereocenters. The summed E-state index contributed by atoms with van der Waals surface area (Å²) < 4.78 is 0. The third-order valence-electron chi connectivity index (χ3n) is 2.45. The Kier molecular flexibility index (Phi) is 3.85. The van der Waals surface area contributed by atoms with Gasteiger partial charge in [-0.05, 0) is 35.4 Å². The fraction of sp³-hybridized carbons (Fsp3) is 0. The predicted molar refractivity (Wildman–Crippen MR) is 72.8 cm³/mol. The van der Waals surface area contributed by atoms with Crippen molar-refractivity contribution in [3.05, 3.63) is 63.7 Å². The van der Waals surface area contributed by atoms with Crippen LogP contribution in [0.4, 0.5) is 0 Å². The molecule has 6 heteroatoms. The highest BCUT2D eigenvalue weighted by molar-refractivity contribution is 5.71. The molecule has 0 heterocycles. The Morgan fingerprint density at radius 2 is 1.60 bits per heavy atom. The third-order valence-corrected chi connectivity index (χ3v) is 2.45. The molecule has 0 aliphatic carbocycles. The number of aromatic hydroxyl groups is 2. The van der Waals surface area contributed by atoms with Gasteiger partial charge >= 0.3 is 0 Å². The Hall–Kier alpha value is -3.02. The van der Waals surface area contributed by atoms with Gasteiger partial charge in [0.15, 0.2) is 0 Å². The largest absolute Gasteiger partial charge is 0.508 e. The van der Waals surface area contributed by atoms with E-state index in [1.54, 1.807) is 36.4 Å². The minimum atomic E-state index is -0.942. The van der Waals surface area contributed by atoms with E-state index in [1.165, 1.54) is 12.1 Å². The van der Waals surface area contributed by atoms with E-state index in [0.29, 0.717) is 5.56 Å². The SMILES string of the molecule is O=[N+]([O-])Oc1cc(O)cc(C=Cc2ccc(O)cc2)c1. The second-order valence-electron chi connectivity index (χ2n) is 4.00. The van der Waals surface area contributed by atoms with Gasteiger partial charge in [-0.2, -0.15) is 0 Å². The zero-order valence-electron chi connectivity index (χ0n) is 10.3. The van der Waals surface area contributed by atoms with Crippen molar-refractivity contribution in [3.63, 3.8) is 0 Å². The molecule has 2 N–H and O–H groups in total. The highest BCUT2D eigenvalue weighted by Gasteiger charge is 2.03. The molecule has 2 aromatic rings. The van der Waals surface area contributed by atoms with Crippen molar-refractivity contribution in [2.24, 2.45) is 0 Å². The van der Waals surface area contributed by atoms with Crippen molar-refractivity contribution >= 4 is 12.2 Å². The number of rotatable bonds is 4. The van der Waals surface area contributed by atoms with E-state index in [2.05, 4.69) is 4.84 Å². The molecule has 0 fully saturated rings. The minimum absolute atomic E-state index is 0.0552. The first-order valence-corrected chi connectivity index (χ1v) is 5.66. The normalized spacial score (nSPS) is 10.6. The molecule has 0 bridgehead atoms. The van der Waals surface area contributed by atoms with Crippen LogP contribution in [-0.4, -0.2) is 15.3 Å². The number of hydrogen-bond donors (Lipinski definition) is 2. The van der Waals surface area contributed by atoms with E-state index < -0.39 is 5.09 Å². The van der Waals surface area contributed by atoms with Crippen LogP contribution >= 0.6 is 0 Å². The van der Waals surface area contributed by atoms with Gasteiger partial charge in [0.25, 0.3) is 5.09 Å². The molecule has 0 saturated heterocycles. The summed E-state index contributed by atoms with van der Waals surface area (Å²) in [6.07, 6.45) is 3.41. The molecule has 20 heavy (non-hydrogen) atoms. The lowest BCUT2D eigenvalue weighted by Crippen LogP contribution is -2.03. The van der Waals surface area contributed by atoms with Crippen molar-refractivity contribution in [2.45, 2.75) is 0 Å². The molecule has 0 aliphatic rings. The zero-order chi connectivity index (χ0) is 14.5. The molecule has 0 saturated carbocycles. The topological polar surface area (TPSA) is 92.8 Å². The van der Waals surface area contributed by atoms with E-state index in [9.17, 15) is 15.2 Å². The van der Waals surface area contributed by atoms with E-state index in [-0.39, 0.29) is 17.2 Å². The van der Waals surface area contributed by atoms with Gasteiger partial charge in [-0.25, -0.2) is 0 Å². The van der Waals surface area contributed by atoms with Crippen molar-refractivity contribution in [3.8, 4) is 17.2 Å². The summed E-state index contributed by atoms with van der Waals surface area (Å²) in [6, 6.07) is 10.5. The molecule has 0 spiro atoms. The molecule has 0 unspecified atom stereocenters. The van der Waals surface area contributed by atoms with E-state index >= 15 is 0 Å². The monoisotopic (exact) mass is 273 g/mol. The molecular formula is C14H11NO5. The van der Waals surface area contributed by atoms with E-state index in [0.717, 1.165) is 11.6 Å². The quantitative estimate of drug-likeness (QED) is 0.507. The molecule has 0 aromatic heterocycles. The van der Waals surface area contributed by atoms with Crippen molar-refractivity contribution in [2.75, 3.05) is 0 Å². The molecule has 6 nitrogen and oxygen atoms in total. The summed E-state index contributed by atoms with van der Waals surface area (Å²) in [5.41, 5.74) is 1.39. The Bertz CT molecular complexity index is 649. The number of phenols is 2. The number of nitrogens with zero attached hydrogens (tertiary/aromatic N) is 1. The average molecular weight is 273 g/mol. The van der Waals surface area contributed by atoms with E-state index in [1.807, 2.05) is 0 Å². The van der Waals surface area contributed by atoms with Gasteiger partial charge in [0.2, 0.25) is 0 Å². The van der Waals surface area contributed by atoms with Crippen LogP contribution < -0.4 is 4.84 Å². The lowest BCUT2D eigenvalue weighted by Gasteiger charge is -2.02. The smallest absolute Gasteiger partial charge is 0.299 e. The molecule has 0 amide bonds. The second kappa shape index (κ2) is 5.75. The number of hydrogen-bond acceptors (Lipinski definition) is 5. The summed E-state index contributed by atoms with van der Waals surface area (Å²) in [5.74, 6) is -0.0174. The van der Waals surface area contributed by atoms with Crippen LogP contribution in [0.25, 0.3) is 12.2 Å². The Morgan fingerprint density at radius 3 is 2.25 bits per heavy atom. The fourth-order valence-electron chi connectivity index (χ4n) is 1.62. The average Bonchev–Trinajstić information content (AvgIpc) is 2.36. The van der Waals surface area contributed by atoms with Crippen molar-refractivity contribution in [1.29, 1.82) is 0 Å². The Morgan fingerprint density at radius 1 is 0.950 bits per heavy atom. The summed E-state index contributed by atoms with van der Waals surface area (Å²) in [5, 5.41) is 28.0. The van der Waals surface area contributed by atoms with Crippen LogP contribution in [0.1, 0.15) is 11.1 Å². The van der Waals surface area contributed by atoms with Crippen LogP contribution in [-0.2, 0) is 0 Å². The maximum absolute atomic E-state index is 10.3. The third kappa shape index (κ3) is 3.74. The van der Waals surface area contributed by atoms with Crippen LogP contribution in [0.15, 0.2) is 42.5 Å². The Balaban J connectivity index is 2.22. The first-order chi connectivity index (χ1) is 9.52. The van der Waals surface area contributed by atoms with Gasteiger partial charge in [-0.15, -0.1) is 10.1 Å². The van der Waals surface area contributed by atoms with Gasteiger partial charge in [0.05, 0.1) is 0 Å². The first-order valence-electron chi connectivity index (χ1n) is 5.66. The zero-order valence-corrected chi connectivity index (χ0v) is 10.3. The number of phenolic OH excluding ortho intramolecular Hbond substituents is 2. The fourth-order valence-corrected chi connectivity index (χ4v) is 1.62. The predicted octanol–water partition coefficient (Wildman–Crippen LogP) is 2.84. The molecule has 0 radical (unpaired) electrons. The van der Waals surface area contributed by atoms with Gasteiger partial charge in [0.1, 0.15) is 17.2 Å². The lowest BCUT2D eigenvalue weighted by atomic mass is 10.1. The highest BCUT2D eigenvalue weighted by Crippen LogP contribution is 2.23. The standard InChI is InChI=1S/C14H11NO5/c16-12-5-3-10(4-6-12)1-2-11-7-13(17)9-14(8-11)20-15(18)19/h1-9,16-17H. The first kappa shape index (κ1) is 13.4. The molecule has 2 rings (SSSR count). The summed E-state index contributed by atoms with van der Waals surface area (Å²) in [4.78, 5) is 14.6.